The summed E-state index contributed by atoms with van der Waals surface area (Å²) in [6.07, 6.45) is 5.85. The highest BCUT2D eigenvalue weighted by Gasteiger charge is 2.61. The first-order valence-corrected chi connectivity index (χ1v) is 10.00. The molecule has 6 heteroatoms. The number of sulfonamides is 1. The fourth-order valence-corrected chi connectivity index (χ4v) is 8.07. The monoisotopic (exact) mass is 355 g/mol. The van der Waals surface area contributed by atoms with Gasteiger partial charge in [0.15, 0.2) is 0 Å². The van der Waals surface area contributed by atoms with Gasteiger partial charge in [0.2, 0.25) is 10.0 Å². The van der Waals surface area contributed by atoms with E-state index in [0.717, 1.165) is 50.7 Å². The lowest BCUT2D eigenvalue weighted by atomic mass is 9.43. The molecule has 0 spiro atoms. The third-order valence-electron chi connectivity index (χ3n) is 6.16. The molecule has 3 nitrogen and oxygen atoms in total. The van der Waals surface area contributed by atoms with Crippen molar-refractivity contribution in [1.82, 2.24) is 4.72 Å². The van der Waals surface area contributed by atoms with E-state index in [1.807, 2.05) is 0 Å². The van der Waals surface area contributed by atoms with Crippen LogP contribution in [0.25, 0.3) is 0 Å². The zero-order valence-corrected chi connectivity index (χ0v) is 14.8. The van der Waals surface area contributed by atoms with E-state index < -0.39 is 32.1 Å². The van der Waals surface area contributed by atoms with Gasteiger partial charge < -0.3 is 0 Å². The highest BCUT2D eigenvalue weighted by Crippen LogP contribution is 2.66. The van der Waals surface area contributed by atoms with Crippen molar-refractivity contribution in [2.24, 2.45) is 16.7 Å². The van der Waals surface area contributed by atoms with E-state index in [9.17, 15) is 17.2 Å². The first kappa shape index (κ1) is 16.5. The zero-order chi connectivity index (χ0) is 17.4. The van der Waals surface area contributed by atoms with Gasteiger partial charge in [-0.2, -0.15) is 0 Å². The van der Waals surface area contributed by atoms with E-state index in [4.69, 9.17) is 0 Å². The van der Waals surface area contributed by atoms with Gasteiger partial charge in [0, 0.05) is 11.6 Å². The average molecular weight is 355 g/mol. The maximum Gasteiger partial charge on any atom is 0.243 e. The summed E-state index contributed by atoms with van der Waals surface area (Å²) in [6.45, 7) is 4.49. The standard InChI is InChI=1S/C18H23F2NO2S/c1-16-6-12-7-17(2,9-16)11-18(8-12,10-16)21-24(22,23)15-4-3-13(19)5-14(15)20/h3-5,12,21H,6-11H2,1-2H3. The van der Waals surface area contributed by atoms with Crippen LogP contribution < -0.4 is 4.72 Å². The van der Waals surface area contributed by atoms with E-state index in [-0.39, 0.29) is 10.8 Å². The summed E-state index contributed by atoms with van der Waals surface area (Å²) in [4.78, 5) is -0.463. The van der Waals surface area contributed by atoms with Gasteiger partial charge in [-0.25, -0.2) is 21.9 Å². The highest BCUT2D eigenvalue weighted by atomic mass is 32.2. The molecule has 4 aliphatic rings. The molecule has 1 aromatic rings. The molecule has 4 bridgehead atoms. The molecular formula is C18H23F2NO2S. The van der Waals surface area contributed by atoms with Crippen molar-refractivity contribution in [2.75, 3.05) is 0 Å². The highest BCUT2D eigenvalue weighted by molar-refractivity contribution is 7.89. The maximum atomic E-state index is 14.0. The van der Waals surface area contributed by atoms with E-state index in [1.54, 1.807) is 0 Å². The fraction of sp³-hybridized carbons (Fsp3) is 0.667. The predicted molar refractivity (Wildman–Crippen MR) is 86.8 cm³/mol. The number of rotatable bonds is 3. The second-order valence-electron chi connectivity index (χ2n) is 9.09. The quantitative estimate of drug-likeness (QED) is 0.891. The molecule has 4 saturated carbocycles. The Labute approximate surface area is 141 Å². The summed E-state index contributed by atoms with van der Waals surface area (Å²) in [5, 5.41) is 0. The molecule has 2 atom stereocenters. The Kier molecular flexibility index (Phi) is 3.28. The van der Waals surface area contributed by atoms with Crippen molar-refractivity contribution in [3.05, 3.63) is 29.8 Å². The number of benzene rings is 1. The van der Waals surface area contributed by atoms with Gasteiger partial charge in [-0.1, -0.05) is 13.8 Å². The third kappa shape index (κ3) is 2.58. The summed E-state index contributed by atoms with van der Waals surface area (Å²) >= 11 is 0. The zero-order valence-electron chi connectivity index (χ0n) is 14.0. The van der Waals surface area contributed by atoms with Crippen LogP contribution in [-0.4, -0.2) is 14.0 Å². The molecule has 1 aromatic carbocycles. The first-order valence-electron chi connectivity index (χ1n) is 8.51. The molecule has 0 amide bonds. The smallest absolute Gasteiger partial charge is 0.207 e. The summed E-state index contributed by atoms with van der Waals surface area (Å²) in [6, 6.07) is 2.62. The number of nitrogens with one attached hydrogen (secondary N) is 1. The third-order valence-corrected chi connectivity index (χ3v) is 7.77. The van der Waals surface area contributed by atoms with Gasteiger partial charge >= 0.3 is 0 Å². The van der Waals surface area contributed by atoms with E-state index in [0.29, 0.717) is 12.0 Å². The summed E-state index contributed by atoms with van der Waals surface area (Å²) in [5.74, 6) is -1.29. The van der Waals surface area contributed by atoms with Crippen molar-refractivity contribution in [3.63, 3.8) is 0 Å². The summed E-state index contributed by atoms with van der Waals surface area (Å²) < 4.78 is 55.5. The lowest BCUT2D eigenvalue weighted by Gasteiger charge is -2.65. The largest absolute Gasteiger partial charge is 0.243 e. The SMILES string of the molecule is CC12CC3CC(C)(C1)CC(NS(=O)(=O)c1ccc(F)cc1F)(C3)C2. The molecule has 132 valence electrons. The van der Waals surface area contributed by atoms with Gasteiger partial charge in [-0.3, -0.25) is 0 Å². The van der Waals surface area contributed by atoms with Gasteiger partial charge in [0.25, 0.3) is 0 Å². The van der Waals surface area contributed by atoms with Crippen molar-refractivity contribution < 1.29 is 17.2 Å². The van der Waals surface area contributed by atoms with Crippen LogP contribution in [0.1, 0.15) is 52.4 Å². The van der Waals surface area contributed by atoms with E-state index >= 15 is 0 Å². The molecule has 5 rings (SSSR count). The van der Waals surface area contributed by atoms with Gasteiger partial charge in [-0.05, 0) is 67.4 Å². The van der Waals surface area contributed by atoms with Crippen molar-refractivity contribution >= 4 is 10.0 Å². The van der Waals surface area contributed by atoms with E-state index in [2.05, 4.69) is 18.6 Å². The molecule has 0 saturated heterocycles. The predicted octanol–water partition coefficient (Wildman–Crippen LogP) is 3.99. The van der Waals surface area contributed by atoms with Gasteiger partial charge in [0.05, 0.1) is 0 Å². The molecular weight excluding hydrogens is 332 g/mol. The molecule has 24 heavy (non-hydrogen) atoms. The maximum absolute atomic E-state index is 14.0. The number of hydrogen-bond acceptors (Lipinski definition) is 2. The van der Waals surface area contributed by atoms with Crippen LogP contribution in [0, 0.1) is 28.4 Å². The Morgan fingerprint density at radius 1 is 1.04 bits per heavy atom. The minimum atomic E-state index is -4.02. The van der Waals surface area contributed by atoms with E-state index in [1.165, 1.54) is 0 Å². The minimum absolute atomic E-state index is 0.151. The van der Waals surface area contributed by atoms with Crippen molar-refractivity contribution in [2.45, 2.75) is 62.8 Å². The van der Waals surface area contributed by atoms with Crippen molar-refractivity contribution in [3.8, 4) is 0 Å². The molecule has 0 radical (unpaired) electrons. The topological polar surface area (TPSA) is 46.2 Å². The average Bonchev–Trinajstić information content (AvgIpc) is 2.31. The normalized spacial score (nSPS) is 40.9. The lowest BCUT2D eigenvalue weighted by Crippen LogP contribution is -2.65. The van der Waals surface area contributed by atoms with Crippen LogP contribution in [0.15, 0.2) is 23.1 Å². The first-order chi connectivity index (χ1) is 11.0. The molecule has 0 aromatic heterocycles. The fourth-order valence-electron chi connectivity index (χ4n) is 6.59. The molecule has 1 N–H and O–H groups in total. The lowest BCUT2D eigenvalue weighted by molar-refractivity contribution is -0.110. The van der Waals surface area contributed by atoms with Crippen LogP contribution in [0.2, 0.25) is 0 Å². The summed E-state index contributed by atoms with van der Waals surface area (Å²) in [5.41, 5.74) is -0.196. The Morgan fingerprint density at radius 2 is 1.67 bits per heavy atom. The molecule has 4 fully saturated rings. The Bertz CT molecular complexity index is 789. The van der Waals surface area contributed by atoms with Crippen LogP contribution in [0.4, 0.5) is 8.78 Å². The van der Waals surface area contributed by atoms with Gasteiger partial charge in [-0.15, -0.1) is 0 Å². The second kappa shape index (κ2) is 4.79. The summed E-state index contributed by atoms with van der Waals surface area (Å²) in [7, 11) is -4.02. The molecule has 2 unspecified atom stereocenters. The number of halogens is 2. The second-order valence-corrected chi connectivity index (χ2v) is 10.7. The van der Waals surface area contributed by atoms with Gasteiger partial charge in [0.1, 0.15) is 16.5 Å². The minimum Gasteiger partial charge on any atom is -0.207 e. The Balaban J connectivity index is 1.69. The van der Waals surface area contributed by atoms with Crippen molar-refractivity contribution in [1.29, 1.82) is 0 Å². The van der Waals surface area contributed by atoms with Crippen LogP contribution in [-0.2, 0) is 10.0 Å². The number of hydrogen-bond donors (Lipinski definition) is 1. The van der Waals surface area contributed by atoms with Crippen LogP contribution >= 0.6 is 0 Å². The van der Waals surface area contributed by atoms with Crippen LogP contribution in [0.5, 0.6) is 0 Å². The Hall–Kier alpha value is -1.01. The Morgan fingerprint density at radius 3 is 2.21 bits per heavy atom. The molecule has 0 aliphatic heterocycles. The molecule has 0 heterocycles. The van der Waals surface area contributed by atoms with Crippen LogP contribution in [0.3, 0.4) is 0 Å². The molecule has 4 aliphatic carbocycles.